The molecule has 1 fully saturated rings. The molecule has 1 atom stereocenters. The molecule has 1 unspecified atom stereocenters. The molecule has 3 aliphatic rings. The van der Waals surface area contributed by atoms with E-state index in [0.717, 1.165) is 50.9 Å². The maximum atomic E-state index is 13.0. The molecule has 8 nitrogen and oxygen atoms in total. The van der Waals surface area contributed by atoms with Crippen molar-refractivity contribution < 1.29 is 8.42 Å². The number of sulfonamides is 1. The number of aromatic amines is 1. The first-order valence-corrected chi connectivity index (χ1v) is 11.9. The number of benzene rings is 1. The van der Waals surface area contributed by atoms with E-state index in [-0.39, 0.29) is 11.2 Å². The Morgan fingerprint density at radius 1 is 1.14 bits per heavy atom. The molecule has 2 N–H and O–H groups in total. The van der Waals surface area contributed by atoms with Gasteiger partial charge in [0.1, 0.15) is 0 Å². The molecule has 156 valence electrons. The lowest BCUT2D eigenvalue weighted by Gasteiger charge is -2.22. The third-order valence-electron chi connectivity index (χ3n) is 6.69. The molecule has 2 aliphatic carbocycles. The number of likely N-dealkylation sites (tertiary alicyclic amines) is 1. The van der Waals surface area contributed by atoms with Gasteiger partial charge in [-0.15, -0.1) is 10.2 Å². The molecule has 0 bridgehead atoms. The van der Waals surface area contributed by atoms with E-state index in [9.17, 15) is 8.42 Å². The van der Waals surface area contributed by atoms with Gasteiger partial charge in [-0.2, -0.15) is 4.31 Å². The quantitative estimate of drug-likeness (QED) is 0.773. The van der Waals surface area contributed by atoms with Crippen LogP contribution in [0.5, 0.6) is 0 Å². The Kier molecular flexibility index (Phi) is 4.64. The summed E-state index contributed by atoms with van der Waals surface area (Å²) in [5.41, 5.74) is 6.68. The number of hydrogen-bond donors (Lipinski definition) is 2. The van der Waals surface area contributed by atoms with Crippen molar-refractivity contribution in [3.63, 3.8) is 0 Å². The summed E-state index contributed by atoms with van der Waals surface area (Å²) in [7, 11) is -0.0645. The van der Waals surface area contributed by atoms with Crippen LogP contribution in [0.25, 0.3) is 0 Å². The number of hydrogen-bond acceptors (Lipinski definition) is 6. The third-order valence-corrected chi connectivity index (χ3v) is 8.42. The van der Waals surface area contributed by atoms with E-state index in [4.69, 9.17) is 0 Å². The van der Waals surface area contributed by atoms with Crippen LogP contribution in [-0.4, -0.2) is 66.0 Å². The average molecular weight is 417 g/mol. The molecule has 29 heavy (non-hydrogen) atoms. The fourth-order valence-electron chi connectivity index (χ4n) is 5.05. The fraction of sp³-hybridized carbons (Fsp3) is 0.600. The summed E-state index contributed by atoms with van der Waals surface area (Å²) in [4.78, 5) is 5.06. The lowest BCUT2D eigenvalue weighted by Crippen LogP contribution is -2.39. The van der Waals surface area contributed by atoms with E-state index in [0.29, 0.717) is 5.95 Å². The molecule has 9 heteroatoms. The van der Waals surface area contributed by atoms with E-state index < -0.39 is 10.0 Å². The van der Waals surface area contributed by atoms with Gasteiger partial charge in [0, 0.05) is 25.3 Å². The molecule has 0 radical (unpaired) electrons. The molecule has 0 saturated carbocycles. The van der Waals surface area contributed by atoms with Crippen LogP contribution >= 0.6 is 0 Å². The van der Waals surface area contributed by atoms with Crippen molar-refractivity contribution >= 4 is 21.7 Å². The Morgan fingerprint density at radius 3 is 2.45 bits per heavy atom. The summed E-state index contributed by atoms with van der Waals surface area (Å²) in [6, 6.07) is 2.34. The highest BCUT2D eigenvalue weighted by molar-refractivity contribution is 7.88. The summed E-state index contributed by atoms with van der Waals surface area (Å²) < 4.78 is 27.5. The second-order valence-electron chi connectivity index (χ2n) is 8.56. The first-order chi connectivity index (χ1) is 13.9. The lowest BCUT2D eigenvalue weighted by molar-refractivity contribution is 0.344. The second kappa shape index (κ2) is 7.07. The molecule has 1 aromatic heterocycles. The molecule has 0 amide bonds. The number of H-pyrrole nitrogens is 1. The fourth-order valence-corrected chi connectivity index (χ4v) is 6.25. The van der Waals surface area contributed by atoms with E-state index >= 15 is 0 Å². The van der Waals surface area contributed by atoms with Crippen molar-refractivity contribution in [2.45, 2.75) is 56.1 Å². The van der Waals surface area contributed by atoms with Gasteiger partial charge in [0.05, 0.1) is 0 Å². The lowest BCUT2D eigenvalue weighted by atomic mass is 9.99. The third kappa shape index (κ3) is 3.25. The number of rotatable bonds is 5. The Balaban J connectivity index is 1.42. The summed E-state index contributed by atoms with van der Waals surface area (Å²) in [5, 5.41) is 11.4. The van der Waals surface area contributed by atoms with Gasteiger partial charge in [0.25, 0.3) is 15.2 Å². The van der Waals surface area contributed by atoms with Gasteiger partial charge < -0.3 is 10.2 Å². The van der Waals surface area contributed by atoms with Crippen LogP contribution < -0.4 is 5.32 Å². The van der Waals surface area contributed by atoms with Gasteiger partial charge in [0.15, 0.2) is 0 Å². The summed E-state index contributed by atoms with van der Waals surface area (Å²) in [6.45, 7) is 1.63. The van der Waals surface area contributed by atoms with Gasteiger partial charge in [0.2, 0.25) is 5.95 Å². The van der Waals surface area contributed by atoms with Crippen LogP contribution in [0.1, 0.15) is 41.5 Å². The molecule has 1 saturated heterocycles. The summed E-state index contributed by atoms with van der Waals surface area (Å²) >= 11 is 0. The minimum absolute atomic E-state index is 0.0350. The van der Waals surface area contributed by atoms with Crippen LogP contribution in [-0.2, 0) is 35.7 Å². The molecular formula is C20H28N6O2S. The SMILES string of the molecule is CN1CCC(N(C)S(=O)(=O)c2nnc(Nc3c4c(cc5c3CCC5)CCC4)[nH]2)C1. The summed E-state index contributed by atoms with van der Waals surface area (Å²) in [6.07, 6.45) is 7.52. The van der Waals surface area contributed by atoms with Gasteiger partial charge in [-0.05, 0) is 80.8 Å². The largest absolute Gasteiger partial charge is 0.324 e. The topological polar surface area (TPSA) is 94.2 Å². The van der Waals surface area contributed by atoms with Crippen LogP contribution in [0.2, 0.25) is 0 Å². The van der Waals surface area contributed by atoms with E-state index in [2.05, 4.69) is 31.5 Å². The summed E-state index contributed by atoms with van der Waals surface area (Å²) in [5.74, 6) is 0.398. The maximum absolute atomic E-state index is 13.0. The van der Waals surface area contributed by atoms with Crippen molar-refractivity contribution in [1.82, 2.24) is 24.4 Å². The molecule has 1 aliphatic heterocycles. The first-order valence-electron chi connectivity index (χ1n) is 10.5. The Morgan fingerprint density at radius 2 is 1.83 bits per heavy atom. The van der Waals surface area contributed by atoms with Gasteiger partial charge in [-0.3, -0.25) is 4.98 Å². The van der Waals surface area contributed by atoms with Crippen molar-refractivity contribution in [1.29, 1.82) is 0 Å². The number of nitrogens with zero attached hydrogens (tertiary/aromatic N) is 4. The van der Waals surface area contributed by atoms with E-state index in [1.54, 1.807) is 7.05 Å². The number of nitrogens with one attached hydrogen (secondary N) is 2. The van der Waals surface area contributed by atoms with Crippen molar-refractivity contribution in [3.05, 3.63) is 28.3 Å². The average Bonchev–Trinajstić information content (AvgIpc) is 3.47. The second-order valence-corrected chi connectivity index (χ2v) is 10.5. The number of aromatic nitrogens is 3. The maximum Gasteiger partial charge on any atom is 0.278 e. The van der Waals surface area contributed by atoms with Crippen molar-refractivity contribution in [2.24, 2.45) is 0 Å². The predicted octanol–water partition coefficient (Wildman–Crippen LogP) is 1.85. The minimum Gasteiger partial charge on any atom is -0.324 e. The molecule has 2 heterocycles. The van der Waals surface area contributed by atoms with Crippen LogP contribution in [0.4, 0.5) is 11.6 Å². The van der Waals surface area contributed by atoms with Gasteiger partial charge in [-0.25, -0.2) is 8.42 Å². The normalized spacial score (nSPS) is 21.7. The molecule has 0 spiro atoms. The molecule has 2 aromatic rings. The molecular weight excluding hydrogens is 388 g/mol. The standard InChI is InChI=1S/C20H28N6O2S/c1-25-10-9-15(12-25)26(2)29(27,28)20-22-19(23-24-20)21-18-16-7-3-5-13(16)11-14-6-4-8-17(14)18/h11,15H,3-10,12H2,1-2H3,(H2,21,22,23,24). The van der Waals surface area contributed by atoms with Crippen molar-refractivity contribution in [2.75, 3.05) is 32.5 Å². The zero-order valence-corrected chi connectivity index (χ0v) is 17.8. The Labute approximate surface area is 171 Å². The first kappa shape index (κ1) is 19.0. The Bertz CT molecular complexity index is 1020. The van der Waals surface area contributed by atoms with Crippen molar-refractivity contribution in [3.8, 4) is 0 Å². The number of aryl methyl sites for hydroxylation is 2. The number of fused-ring (bicyclic) bond motifs is 2. The highest BCUT2D eigenvalue weighted by Gasteiger charge is 2.34. The zero-order valence-electron chi connectivity index (χ0n) is 17.0. The van der Waals surface area contributed by atoms with Crippen LogP contribution in [0.15, 0.2) is 11.2 Å². The van der Waals surface area contributed by atoms with Crippen LogP contribution in [0, 0.1) is 0 Å². The zero-order chi connectivity index (χ0) is 20.2. The minimum atomic E-state index is -3.70. The predicted molar refractivity (Wildman–Crippen MR) is 111 cm³/mol. The highest BCUT2D eigenvalue weighted by atomic mass is 32.2. The molecule has 1 aromatic carbocycles. The Hall–Kier alpha value is -1.97. The van der Waals surface area contributed by atoms with Crippen LogP contribution in [0.3, 0.4) is 0 Å². The number of anilines is 2. The highest BCUT2D eigenvalue weighted by Crippen LogP contribution is 2.39. The monoisotopic (exact) mass is 416 g/mol. The van der Waals surface area contributed by atoms with E-state index in [1.807, 2.05) is 7.05 Å². The van der Waals surface area contributed by atoms with Gasteiger partial charge in [-0.1, -0.05) is 6.07 Å². The molecule has 5 rings (SSSR count). The number of likely N-dealkylation sites (N-methyl/N-ethyl adjacent to an activating group) is 2. The smallest absolute Gasteiger partial charge is 0.278 e. The van der Waals surface area contributed by atoms with E-state index in [1.165, 1.54) is 39.4 Å². The van der Waals surface area contributed by atoms with Gasteiger partial charge >= 0.3 is 0 Å².